The fourth-order valence-corrected chi connectivity index (χ4v) is 4.97. The van der Waals surface area contributed by atoms with E-state index in [0.29, 0.717) is 18.7 Å². The number of halogens is 1. The smallest absolute Gasteiger partial charge is 0.137 e. The van der Waals surface area contributed by atoms with Crippen LogP contribution in [0.3, 0.4) is 0 Å². The molecule has 0 fully saturated rings. The van der Waals surface area contributed by atoms with Crippen LogP contribution in [-0.2, 0) is 11.0 Å². The van der Waals surface area contributed by atoms with Gasteiger partial charge in [-0.3, -0.25) is 5.32 Å². The van der Waals surface area contributed by atoms with Crippen molar-refractivity contribution in [1.29, 1.82) is 0 Å². The van der Waals surface area contributed by atoms with Gasteiger partial charge in [-0.25, -0.2) is 4.39 Å². The van der Waals surface area contributed by atoms with Gasteiger partial charge >= 0.3 is 0 Å². The Morgan fingerprint density at radius 2 is 1.29 bits per heavy atom. The Labute approximate surface area is 205 Å². The summed E-state index contributed by atoms with van der Waals surface area (Å²) in [5.74, 6) is -0.297. The van der Waals surface area contributed by atoms with Gasteiger partial charge in [0.25, 0.3) is 0 Å². The van der Waals surface area contributed by atoms with Crippen LogP contribution in [0.2, 0.25) is 0 Å². The molecule has 0 bridgehead atoms. The Balaban J connectivity index is 1.67. The Kier molecular flexibility index (Phi) is 6.25. The van der Waals surface area contributed by atoms with Crippen LogP contribution in [0, 0.1) is 5.82 Å². The topological polar surface area (TPSA) is 51.2 Å². The molecule has 3 nitrogen and oxygen atoms in total. The monoisotopic (exact) mass is 464 g/mol. The van der Waals surface area contributed by atoms with E-state index >= 15 is 0 Å². The molecule has 4 aromatic carbocycles. The van der Waals surface area contributed by atoms with Gasteiger partial charge in [-0.2, -0.15) is 0 Å². The summed E-state index contributed by atoms with van der Waals surface area (Å²) in [7, 11) is 0. The van der Waals surface area contributed by atoms with E-state index in [9.17, 15) is 4.39 Å². The summed E-state index contributed by atoms with van der Waals surface area (Å²) < 4.78 is 20.4. The van der Waals surface area contributed by atoms with Crippen molar-refractivity contribution >= 4 is 11.0 Å². The van der Waals surface area contributed by atoms with E-state index in [1.54, 1.807) is 18.4 Å². The lowest BCUT2D eigenvalue weighted by Crippen LogP contribution is -2.52. The molecule has 1 heterocycles. The molecule has 4 heteroatoms. The molecule has 0 saturated carbocycles. The third-order valence-corrected chi connectivity index (χ3v) is 6.98. The lowest BCUT2D eigenvalue weighted by molar-refractivity contribution is 0.372. The van der Waals surface area contributed by atoms with Crippen molar-refractivity contribution in [3.63, 3.8) is 0 Å². The van der Waals surface area contributed by atoms with Crippen molar-refractivity contribution in [2.24, 2.45) is 5.73 Å². The maximum absolute atomic E-state index is 14.6. The minimum atomic E-state index is -0.643. The Morgan fingerprint density at radius 1 is 0.771 bits per heavy atom. The van der Waals surface area contributed by atoms with Crippen LogP contribution in [0.5, 0.6) is 0 Å². The predicted molar refractivity (Wildman–Crippen MR) is 140 cm³/mol. The number of hydrogen-bond acceptors (Lipinski definition) is 3. The van der Waals surface area contributed by atoms with Gasteiger partial charge < -0.3 is 10.2 Å². The zero-order valence-electron chi connectivity index (χ0n) is 19.7. The van der Waals surface area contributed by atoms with Crippen molar-refractivity contribution in [2.45, 2.75) is 17.9 Å². The summed E-state index contributed by atoms with van der Waals surface area (Å²) in [5.41, 5.74) is 9.91. The molecule has 176 valence electrons. The van der Waals surface area contributed by atoms with Crippen LogP contribution in [0.15, 0.2) is 120 Å². The van der Waals surface area contributed by atoms with Gasteiger partial charge in [0.2, 0.25) is 0 Å². The minimum absolute atomic E-state index is 0.297. The lowest BCUT2D eigenvalue weighted by Gasteiger charge is -2.40. The highest BCUT2D eigenvalue weighted by molar-refractivity contribution is 5.81. The van der Waals surface area contributed by atoms with E-state index < -0.39 is 11.0 Å². The summed E-state index contributed by atoms with van der Waals surface area (Å²) in [4.78, 5) is 0. The van der Waals surface area contributed by atoms with E-state index in [1.165, 1.54) is 6.07 Å². The Morgan fingerprint density at radius 3 is 1.77 bits per heavy atom. The molecule has 5 aromatic rings. The quantitative estimate of drug-likeness (QED) is 0.262. The molecule has 35 heavy (non-hydrogen) atoms. The van der Waals surface area contributed by atoms with E-state index in [0.717, 1.165) is 27.6 Å². The first-order chi connectivity index (χ1) is 17.1. The SMILES string of the molecule is CC(CN)(CNC(c1ccccc1)(c1ccccc1)c1ccccc1)c1cc(F)cc2ccoc12. The zero-order chi connectivity index (χ0) is 24.3. The molecule has 0 aliphatic carbocycles. The molecule has 0 amide bonds. The van der Waals surface area contributed by atoms with Gasteiger partial charge in [-0.15, -0.1) is 0 Å². The van der Waals surface area contributed by atoms with Crippen LogP contribution >= 0.6 is 0 Å². The summed E-state index contributed by atoms with van der Waals surface area (Å²) >= 11 is 0. The molecule has 0 aliphatic heterocycles. The van der Waals surface area contributed by atoms with E-state index in [1.807, 2.05) is 18.2 Å². The molecule has 1 aromatic heterocycles. The molecule has 0 aliphatic rings. The van der Waals surface area contributed by atoms with Crippen molar-refractivity contribution in [2.75, 3.05) is 13.1 Å². The third kappa shape index (κ3) is 4.16. The molecular formula is C31H29FN2O. The second kappa shape index (κ2) is 9.49. The molecular weight excluding hydrogens is 435 g/mol. The Hall–Kier alpha value is -3.73. The number of nitrogens with one attached hydrogen (secondary N) is 1. The third-order valence-electron chi connectivity index (χ3n) is 6.98. The highest BCUT2D eigenvalue weighted by Gasteiger charge is 2.39. The number of benzene rings is 4. The maximum atomic E-state index is 14.6. The van der Waals surface area contributed by atoms with Gasteiger partial charge in [0, 0.05) is 29.5 Å². The first-order valence-electron chi connectivity index (χ1n) is 11.9. The maximum Gasteiger partial charge on any atom is 0.137 e. The molecule has 0 saturated heterocycles. The molecule has 1 atom stereocenters. The van der Waals surface area contributed by atoms with E-state index in [2.05, 4.69) is 85.0 Å². The summed E-state index contributed by atoms with van der Waals surface area (Å²) in [6, 6.07) is 36.1. The number of hydrogen-bond donors (Lipinski definition) is 2. The van der Waals surface area contributed by atoms with Gasteiger partial charge in [-0.1, -0.05) is 97.9 Å². The van der Waals surface area contributed by atoms with Gasteiger partial charge in [0.1, 0.15) is 11.4 Å². The number of rotatable bonds is 8. The first-order valence-corrected chi connectivity index (χ1v) is 11.9. The summed E-state index contributed by atoms with van der Waals surface area (Å²) in [6.07, 6.45) is 1.60. The van der Waals surface area contributed by atoms with Gasteiger partial charge in [-0.05, 0) is 34.9 Å². The molecule has 1 unspecified atom stereocenters. The van der Waals surface area contributed by atoms with Crippen molar-refractivity contribution in [3.8, 4) is 0 Å². The number of fused-ring (bicyclic) bond motifs is 1. The predicted octanol–water partition coefficient (Wildman–Crippen LogP) is 6.37. The largest absolute Gasteiger partial charge is 0.464 e. The number of nitrogens with two attached hydrogens (primary N) is 1. The van der Waals surface area contributed by atoms with Crippen LogP contribution in [0.1, 0.15) is 29.2 Å². The highest BCUT2D eigenvalue weighted by atomic mass is 19.1. The fraction of sp³-hybridized carbons (Fsp3) is 0.161. The Bertz CT molecular complexity index is 1300. The summed E-state index contributed by atoms with van der Waals surface area (Å²) in [5, 5.41) is 4.64. The van der Waals surface area contributed by atoms with Gasteiger partial charge in [0.15, 0.2) is 0 Å². The lowest BCUT2D eigenvalue weighted by atomic mass is 9.75. The number of furan rings is 1. The van der Waals surface area contributed by atoms with Crippen LogP contribution < -0.4 is 11.1 Å². The van der Waals surface area contributed by atoms with Crippen molar-refractivity contribution in [1.82, 2.24) is 5.32 Å². The average Bonchev–Trinajstić information content (AvgIpc) is 3.39. The van der Waals surface area contributed by atoms with Crippen LogP contribution in [0.4, 0.5) is 4.39 Å². The molecule has 5 rings (SSSR count). The van der Waals surface area contributed by atoms with Gasteiger partial charge in [0.05, 0.1) is 11.8 Å². The van der Waals surface area contributed by atoms with E-state index in [4.69, 9.17) is 10.2 Å². The highest BCUT2D eigenvalue weighted by Crippen LogP contribution is 2.39. The zero-order valence-corrected chi connectivity index (χ0v) is 19.7. The second-order valence-corrected chi connectivity index (χ2v) is 9.26. The molecule has 0 radical (unpaired) electrons. The molecule has 3 N–H and O–H groups in total. The summed E-state index contributed by atoms with van der Waals surface area (Å²) in [6.45, 7) is 2.86. The molecule has 0 spiro atoms. The van der Waals surface area contributed by atoms with Crippen molar-refractivity contribution in [3.05, 3.63) is 144 Å². The minimum Gasteiger partial charge on any atom is -0.464 e. The first kappa shape index (κ1) is 23.0. The second-order valence-electron chi connectivity index (χ2n) is 9.26. The van der Waals surface area contributed by atoms with Crippen LogP contribution in [0.25, 0.3) is 11.0 Å². The van der Waals surface area contributed by atoms with Crippen molar-refractivity contribution < 1.29 is 8.81 Å². The van der Waals surface area contributed by atoms with E-state index in [-0.39, 0.29) is 5.82 Å². The van der Waals surface area contributed by atoms with Crippen LogP contribution in [-0.4, -0.2) is 13.1 Å². The fourth-order valence-electron chi connectivity index (χ4n) is 4.97. The average molecular weight is 465 g/mol. The standard InChI is InChI=1S/C31H29FN2O/c1-30(21-33,28-20-27(32)19-23-17-18-35-29(23)28)22-34-31(24-11-5-2-6-12-24,25-13-7-3-8-14-25)26-15-9-4-10-16-26/h2-20,34H,21-22,33H2,1H3. The normalized spacial score (nSPS) is 13.6.